The van der Waals surface area contributed by atoms with Crippen molar-refractivity contribution in [3.8, 4) is 78.3 Å². The van der Waals surface area contributed by atoms with Crippen LogP contribution in [0.1, 0.15) is 148 Å². The number of ketones is 1. The summed E-state index contributed by atoms with van der Waals surface area (Å²) in [5.41, 5.74) is 30.3. The van der Waals surface area contributed by atoms with Gasteiger partial charge in [0.2, 0.25) is 23.6 Å². The Morgan fingerprint density at radius 3 is 1.23 bits per heavy atom. The molecule has 2 aliphatic carbocycles. The summed E-state index contributed by atoms with van der Waals surface area (Å²) in [6, 6.07) is 56.4. The van der Waals surface area contributed by atoms with Gasteiger partial charge in [0, 0.05) is 218 Å². The lowest BCUT2D eigenvalue weighted by atomic mass is 9.98. The fourth-order valence-corrected chi connectivity index (χ4v) is 20.7. The maximum absolute atomic E-state index is 14.5. The van der Waals surface area contributed by atoms with Crippen LogP contribution in [-0.2, 0) is 78.2 Å². The molecule has 0 bridgehead atoms. The number of amides is 4. The number of halogens is 3. The molecular weight excluding hydrogens is 1780 g/mol. The van der Waals surface area contributed by atoms with Gasteiger partial charge in [-0.25, -0.2) is 8.78 Å². The Labute approximate surface area is 814 Å². The van der Waals surface area contributed by atoms with Crippen molar-refractivity contribution in [1.82, 2.24) is 63.3 Å². The molecule has 0 unspecified atom stereocenters. The highest BCUT2D eigenvalue weighted by Crippen LogP contribution is 2.51. The number of aryl methyl sites for hydroxylation is 7. The highest BCUT2D eigenvalue weighted by atomic mass is 35.5. The predicted molar refractivity (Wildman–Crippen MR) is 557 cm³/mol. The molecule has 7 aliphatic rings. The van der Waals surface area contributed by atoms with E-state index in [2.05, 4.69) is 205 Å². The van der Waals surface area contributed by atoms with Gasteiger partial charge >= 0.3 is 0 Å². The van der Waals surface area contributed by atoms with Crippen LogP contribution >= 0.6 is 11.6 Å². The Morgan fingerprint density at radius 2 is 0.764 bits per heavy atom. The molecule has 9 N–H and O–H groups in total. The molecule has 24 rings (SSSR count). The third-order valence-corrected chi connectivity index (χ3v) is 27.5. The van der Waals surface area contributed by atoms with E-state index in [1.165, 1.54) is 76.6 Å². The van der Waals surface area contributed by atoms with Gasteiger partial charge in [0.05, 0.1) is 90.7 Å². The van der Waals surface area contributed by atoms with Gasteiger partial charge in [-0.1, -0.05) is 90.5 Å². The molecule has 140 heavy (non-hydrogen) atoms. The molecule has 30 heteroatoms. The molecule has 7 aromatic heterocycles. The third-order valence-electron chi connectivity index (χ3n) is 27.2. The normalized spacial score (nSPS) is 17.7. The first-order valence-corrected chi connectivity index (χ1v) is 48.3. The molecule has 12 heterocycles. The van der Waals surface area contributed by atoms with Crippen LogP contribution in [0.25, 0.3) is 133 Å². The number of para-hydroxylation sites is 3. The minimum atomic E-state index is -0.456. The fraction of sp³-hybridized carbons (Fsp3) is 0.300. The Hall–Kier alpha value is -15.3. The number of nitrogens with zero attached hydrogens (tertiary/aromatic N) is 13. The highest BCUT2D eigenvalue weighted by molar-refractivity contribution is 6.35. The molecule has 0 radical (unpaired) electrons. The summed E-state index contributed by atoms with van der Waals surface area (Å²) < 4.78 is 42.5. The molecule has 5 aliphatic heterocycles. The van der Waals surface area contributed by atoms with Crippen molar-refractivity contribution in [1.29, 1.82) is 0 Å². The zero-order valence-corrected chi connectivity index (χ0v) is 81.8. The van der Waals surface area contributed by atoms with E-state index in [1.54, 1.807) is 27.7 Å². The van der Waals surface area contributed by atoms with Crippen LogP contribution in [0.3, 0.4) is 0 Å². The summed E-state index contributed by atoms with van der Waals surface area (Å²) in [5.74, 6) is 0.186. The van der Waals surface area contributed by atoms with Crippen molar-refractivity contribution < 1.29 is 32.8 Å². The SMILES string of the molecule is C[C@@H]1CC(=O)Nc2c(Cl)ccc(-c3ccc4c(c3)c(C3CC3)nn4C)c2N1.C[C@@H]1CC(=O)Nc2c(F)ccc(-c3ccc4c(c3)c(-c3cnn(C)c3)nn4C)c2N1.C[C@@H]1CC(=O)Nc2c(F)ccc(-c3ccc4c(c3)c(C3CC3)nn4C)c2N1.C[C@@H]1CC(=O)Nc2cccc(-c3ccc4c(c3)c(-c3cnn(C)c3)nn4C)c2N1.Cc1c(-c2cccc3c2N[C@H](C)CC(=O)C3)n(C(C)(C)C)c2ccccc12. The van der Waals surface area contributed by atoms with Crippen molar-refractivity contribution in [2.75, 3.05) is 47.9 Å². The predicted octanol–water partition coefficient (Wildman–Crippen LogP) is 22.7. The standard InChI is InChI=1S/C24H28N2O.C22H21FN6O.C22H22N6O.C21H21ClN4O.C21H21FN4O/c1-15-13-18(27)14-17-9-8-11-20(22(17)25-15)23-16(2)19-10-6-7-12-21(19)26(23)24(3,4)5;1-12-8-19(30)26-22-17(23)6-5-15(21(22)25-12)13-4-7-18-16(9-13)20(27-29(18)3)14-10-24-28(2)11-14;1-13-9-20(29)25-18-6-4-5-16(22(18)24-13)14-7-8-19-17(10-14)21(26-28(19)3)15-11-23-27(2)12-15;2*1-11-9-18(27)24-21-16(22)7-6-14(20(21)23-11)13-5-8-17-15(10-13)19(12-3-4-12)25-26(17)2/h6-12,15,25H,13-14H2,1-5H3;4-7,9-12,25H,8H2,1-3H3,(H,26,30);4-8,10-13,24H,9H2,1-3H3,(H,25,29);2*5-8,10-12,23H,3-4,9H2,1-2H3,(H,24,27)/t15-;12-;13-;2*11-/m11111/s1. The zero-order valence-electron chi connectivity index (χ0n) is 81.1. The van der Waals surface area contributed by atoms with Gasteiger partial charge < -0.3 is 52.4 Å². The average molecular weight is 1900 g/mol. The van der Waals surface area contributed by atoms with E-state index in [0.717, 1.165) is 139 Å². The van der Waals surface area contributed by atoms with Crippen molar-refractivity contribution in [2.45, 2.75) is 174 Å². The van der Waals surface area contributed by atoms with Crippen LogP contribution in [0, 0.1) is 18.6 Å². The van der Waals surface area contributed by atoms with Crippen molar-refractivity contribution in [3.63, 3.8) is 0 Å². The Balaban J connectivity index is 0.000000108. The molecule has 0 saturated heterocycles. The first kappa shape index (κ1) is 92.4. The molecule has 17 aromatic rings. The summed E-state index contributed by atoms with van der Waals surface area (Å²) in [6.07, 6.45) is 14.9. The van der Waals surface area contributed by atoms with E-state index in [9.17, 15) is 32.8 Å². The van der Waals surface area contributed by atoms with E-state index in [1.807, 2.05) is 150 Å². The van der Waals surface area contributed by atoms with Crippen molar-refractivity contribution in [2.24, 2.45) is 42.3 Å². The summed E-state index contributed by atoms with van der Waals surface area (Å²) >= 11 is 6.39. The number of hydrogen-bond acceptors (Lipinski definition) is 16. The molecule has 0 spiro atoms. The first-order valence-electron chi connectivity index (χ1n) is 47.9. The number of carbonyl (C=O) groups is 5. The maximum atomic E-state index is 14.5. The topological polar surface area (TPSA) is 305 Å². The van der Waals surface area contributed by atoms with E-state index in [4.69, 9.17) is 26.9 Å². The van der Waals surface area contributed by atoms with Gasteiger partial charge in [-0.3, -0.25) is 52.1 Å². The van der Waals surface area contributed by atoms with E-state index in [-0.39, 0.29) is 77.2 Å². The summed E-state index contributed by atoms with van der Waals surface area (Å²) in [4.78, 5) is 60.7. The average Bonchev–Trinajstić information content (AvgIpc) is 1.58. The molecule has 714 valence electrons. The third kappa shape index (κ3) is 18.1. The quantitative estimate of drug-likeness (QED) is 0.0649. The van der Waals surface area contributed by atoms with Crippen molar-refractivity contribution in [3.05, 3.63) is 234 Å². The van der Waals surface area contributed by atoms with Gasteiger partial charge in [0.1, 0.15) is 40.2 Å². The van der Waals surface area contributed by atoms with E-state index >= 15 is 0 Å². The number of Topliss-reactive ketones (excluding diaryl/α,β-unsaturated/α-hetero) is 1. The minimum Gasteiger partial charge on any atom is -0.381 e. The Kier molecular flexibility index (Phi) is 24.4. The maximum Gasteiger partial charge on any atom is 0.226 e. The second kappa shape index (κ2) is 36.9. The highest BCUT2D eigenvalue weighted by Gasteiger charge is 2.35. The van der Waals surface area contributed by atoms with Crippen LogP contribution in [0.2, 0.25) is 5.02 Å². The van der Waals surface area contributed by atoms with Gasteiger partial charge in [-0.15, -0.1) is 0 Å². The van der Waals surface area contributed by atoms with Gasteiger partial charge in [0.25, 0.3) is 0 Å². The smallest absolute Gasteiger partial charge is 0.226 e. The van der Waals surface area contributed by atoms with Crippen LogP contribution < -0.4 is 47.9 Å². The summed E-state index contributed by atoms with van der Waals surface area (Å²) in [7, 11) is 11.6. The molecule has 10 aromatic carbocycles. The van der Waals surface area contributed by atoms with E-state index < -0.39 is 11.6 Å². The number of rotatable bonds is 9. The number of nitrogens with one attached hydrogen (secondary N) is 9. The lowest BCUT2D eigenvalue weighted by Gasteiger charge is -2.28. The Morgan fingerprint density at radius 1 is 0.371 bits per heavy atom. The molecule has 5 atom stereocenters. The van der Waals surface area contributed by atoms with Crippen LogP contribution in [0.4, 0.5) is 60.0 Å². The van der Waals surface area contributed by atoms with Crippen LogP contribution in [0.15, 0.2) is 195 Å². The lowest BCUT2D eigenvalue weighted by Crippen LogP contribution is -2.23. The summed E-state index contributed by atoms with van der Waals surface area (Å²) in [6.45, 7) is 18.9. The zero-order chi connectivity index (χ0) is 97.9. The molecule has 27 nitrogen and oxygen atoms in total. The Bertz CT molecular complexity index is 7710. The number of hydrogen-bond donors (Lipinski definition) is 9. The number of carbonyl (C=O) groups excluding carboxylic acids is 5. The number of benzene rings is 10. The molecule has 4 amide bonds. The number of fused-ring (bicyclic) bond motifs is 10. The van der Waals surface area contributed by atoms with E-state index in [0.29, 0.717) is 71.8 Å². The van der Waals surface area contributed by atoms with Crippen LogP contribution in [0.5, 0.6) is 0 Å². The minimum absolute atomic E-state index is 0.0217. The second-order valence-electron chi connectivity index (χ2n) is 39.5. The van der Waals surface area contributed by atoms with Gasteiger partial charge in [-0.05, 0) is 212 Å². The lowest BCUT2D eigenvalue weighted by molar-refractivity contribution is -0.119. The van der Waals surface area contributed by atoms with Crippen molar-refractivity contribution >= 4 is 147 Å². The molecular formula is C110H113ClF2N22O5. The summed E-state index contributed by atoms with van der Waals surface area (Å²) in [5, 5.41) is 62.3. The van der Waals surface area contributed by atoms with Crippen LogP contribution in [-0.4, -0.2) is 123 Å². The molecule has 2 saturated carbocycles. The first-order chi connectivity index (χ1) is 67.2. The monoisotopic (exact) mass is 1890 g/mol. The number of anilines is 9. The largest absolute Gasteiger partial charge is 0.381 e. The second-order valence-corrected chi connectivity index (χ2v) is 39.9. The van der Waals surface area contributed by atoms with Gasteiger partial charge in [-0.2, -0.15) is 30.6 Å². The number of aromatic nitrogens is 13. The molecule has 2 fully saturated rings. The fourth-order valence-electron chi connectivity index (χ4n) is 20.5. The van der Waals surface area contributed by atoms with Gasteiger partial charge in [0.15, 0.2) is 0 Å².